The second kappa shape index (κ2) is 6.98. The first-order valence-corrected chi connectivity index (χ1v) is 8.13. The van der Waals surface area contributed by atoms with Crippen LogP contribution in [0.4, 0.5) is 16.0 Å². The van der Waals surface area contributed by atoms with E-state index in [9.17, 15) is 4.39 Å². The van der Waals surface area contributed by atoms with Crippen molar-refractivity contribution < 1.29 is 9.13 Å². The largest absolute Gasteiger partial charge is 0.485 e. The Labute approximate surface area is 141 Å². The quantitative estimate of drug-likeness (QED) is 0.838. The maximum absolute atomic E-state index is 14.4. The molecule has 0 amide bonds. The summed E-state index contributed by atoms with van der Waals surface area (Å²) in [6, 6.07) is 3.76. The molecule has 2 aromatic heterocycles. The Hall–Kier alpha value is -2.44. The molecule has 0 spiro atoms. The molecule has 1 fully saturated rings. The molecule has 1 atom stereocenters. The highest BCUT2D eigenvalue weighted by atomic mass is 19.1. The summed E-state index contributed by atoms with van der Waals surface area (Å²) in [7, 11) is 3.86. The predicted octanol–water partition coefficient (Wildman–Crippen LogP) is 2.30. The van der Waals surface area contributed by atoms with Gasteiger partial charge in [0, 0.05) is 33.3 Å². The molecule has 7 heteroatoms. The molecule has 0 N–H and O–H groups in total. The molecule has 2 aromatic rings. The maximum Gasteiger partial charge on any atom is 0.187 e. The van der Waals surface area contributed by atoms with E-state index in [1.807, 2.05) is 43.0 Å². The van der Waals surface area contributed by atoms with E-state index >= 15 is 0 Å². The fourth-order valence-corrected chi connectivity index (χ4v) is 2.87. The van der Waals surface area contributed by atoms with Gasteiger partial charge < -0.3 is 14.5 Å². The number of pyridine rings is 1. The van der Waals surface area contributed by atoms with Gasteiger partial charge in [-0.15, -0.1) is 0 Å². The van der Waals surface area contributed by atoms with Crippen molar-refractivity contribution in [1.82, 2.24) is 15.0 Å². The van der Waals surface area contributed by atoms with Crippen molar-refractivity contribution in [2.45, 2.75) is 25.9 Å². The van der Waals surface area contributed by atoms with Gasteiger partial charge in [0.2, 0.25) is 0 Å². The minimum atomic E-state index is -0.323. The lowest BCUT2D eigenvalue weighted by Gasteiger charge is -2.21. The summed E-state index contributed by atoms with van der Waals surface area (Å²) in [5.41, 5.74) is 0.450. The molecule has 1 aliphatic heterocycles. The first kappa shape index (κ1) is 16.4. The topological polar surface area (TPSA) is 54.4 Å². The molecule has 128 valence electrons. The van der Waals surface area contributed by atoms with Crippen LogP contribution in [-0.2, 0) is 6.42 Å². The summed E-state index contributed by atoms with van der Waals surface area (Å²) in [4.78, 5) is 16.3. The molecule has 0 bridgehead atoms. The van der Waals surface area contributed by atoms with Crippen LogP contribution in [-0.4, -0.2) is 48.2 Å². The Bertz CT molecular complexity index is 709. The Morgan fingerprint density at radius 3 is 2.92 bits per heavy atom. The predicted molar refractivity (Wildman–Crippen MR) is 91.2 cm³/mol. The van der Waals surface area contributed by atoms with E-state index in [2.05, 4.69) is 15.0 Å². The number of aryl methyl sites for hydroxylation is 1. The second-order valence-electron chi connectivity index (χ2n) is 6.01. The molecule has 3 rings (SSSR count). The Morgan fingerprint density at radius 2 is 2.17 bits per heavy atom. The third-order valence-electron chi connectivity index (χ3n) is 4.09. The fourth-order valence-electron chi connectivity index (χ4n) is 2.87. The van der Waals surface area contributed by atoms with Gasteiger partial charge in [-0.25, -0.2) is 19.3 Å². The van der Waals surface area contributed by atoms with Gasteiger partial charge in [0.05, 0.1) is 12.2 Å². The molecule has 0 saturated carbocycles. The highest BCUT2D eigenvalue weighted by molar-refractivity contribution is 5.51. The Kier molecular flexibility index (Phi) is 4.78. The number of hydrogen-bond acceptors (Lipinski definition) is 6. The maximum atomic E-state index is 14.4. The van der Waals surface area contributed by atoms with Crippen molar-refractivity contribution in [3.8, 4) is 5.75 Å². The molecule has 0 radical (unpaired) electrons. The van der Waals surface area contributed by atoms with Gasteiger partial charge in [-0.2, -0.15) is 0 Å². The molecule has 6 nitrogen and oxygen atoms in total. The third kappa shape index (κ3) is 3.25. The number of anilines is 2. The summed E-state index contributed by atoms with van der Waals surface area (Å²) in [6.07, 6.45) is 4.51. The van der Waals surface area contributed by atoms with Gasteiger partial charge in [0.1, 0.15) is 12.4 Å². The van der Waals surface area contributed by atoms with Gasteiger partial charge in [-0.05, 0) is 18.6 Å². The average molecular weight is 331 g/mol. The zero-order chi connectivity index (χ0) is 17.1. The Morgan fingerprint density at radius 1 is 1.33 bits per heavy atom. The summed E-state index contributed by atoms with van der Waals surface area (Å²) >= 11 is 0. The number of ether oxygens (including phenoxy) is 1. The van der Waals surface area contributed by atoms with E-state index in [-0.39, 0.29) is 11.9 Å². The summed E-state index contributed by atoms with van der Waals surface area (Å²) in [5, 5.41) is 0. The average Bonchev–Trinajstić information content (AvgIpc) is 3.03. The molecular weight excluding hydrogens is 309 g/mol. The van der Waals surface area contributed by atoms with Crippen LogP contribution < -0.4 is 14.5 Å². The summed E-state index contributed by atoms with van der Waals surface area (Å²) in [6.45, 7) is 3.19. The normalized spacial score (nSPS) is 17.2. The number of halogens is 1. The zero-order valence-corrected chi connectivity index (χ0v) is 14.2. The minimum absolute atomic E-state index is 0.0210. The van der Waals surface area contributed by atoms with E-state index in [0.29, 0.717) is 31.0 Å². The third-order valence-corrected chi connectivity index (χ3v) is 4.09. The first-order chi connectivity index (χ1) is 11.6. The van der Waals surface area contributed by atoms with Crippen molar-refractivity contribution in [3.05, 3.63) is 36.2 Å². The fraction of sp³-hybridized carbons (Fsp3) is 0.471. The van der Waals surface area contributed by atoms with Crippen LogP contribution in [0, 0.1) is 5.82 Å². The number of aromatic nitrogens is 3. The van der Waals surface area contributed by atoms with E-state index < -0.39 is 0 Å². The zero-order valence-electron chi connectivity index (χ0n) is 14.2. The minimum Gasteiger partial charge on any atom is -0.485 e. The highest BCUT2D eigenvalue weighted by Crippen LogP contribution is 2.28. The van der Waals surface area contributed by atoms with Crippen LogP contribution in [0.25, 0.3) is 0 Å². The summed E-state index contributed by atoms with van der Waals surface area (Å²) < 4.78 is 20.5. The van der Waals surface area contributed by atoms with Crippen molar-refractivity contribution in [3.63, 3.8) is 0 Å². The van der Waals surface area contributed by atoms with Crippen LogP contribution in [0.5, 0.6) is 5.75 Å². The molecule has 1 saturated heterocycles. The lowest BCUT2D eigenvalue weighted by molar-refractivity contribution is 0.225. The van der Waals surface area contributed by atoms with Crippen molar-refractivity contribution >= 4 is 11.6 Å². The second-order valence-corrected chi connectivity index (χ2v) is 6.01. The van der Waals surface area contributed by atoms with E-state index in [1.54, 1.807) is 6.20 Å². The molecule has 0 aliphatic carbocycles. The van der Waals surface area contributed by atoms with Gasteiger partial charge in [0.25, 0.3) is 0 Å². The monoisotopic (exact) mass is 331 g/mol. The standard InChI is InChI=1S/C17H22FN5O/c1-4-13-15(18)17(21-11-20-13)23-9-7-12(10-23)24-14-6-5-8-19-16(14)22(2)3/h5-6,8,11-12H,4,7,9-10H2,1-3H3/t12-/m1/s1. The smallest absolute Gasteiger partial charge is 0.187 e. The van der Waals surface area contributed by atoms with Crippen LogP contribution in [0.15, 0.2) is 24.7 Å². The summed E-state index contributed by atoms with van der Waals surface area (Å²) in [5.74, 6) is 1.58. The lowest BCUT2D eigenvalue weighted by atomic mass is 10.3. The molecule has 24 heavy (non-hydrogen) atoms. The lowest BCUT2D eigenvalue weighted by Crippen LogP contribution is -2.27. The van der Waals surface area contributed by atoms with Crippen LogP contribution in [0.3, 0.4) is 0 Å². The van der Waals surface area contributed by atoms with E-state index in [0.717, 1.165) is 18.0 Å². The molecule has 1 aliphatic rings. The van der Waals surface area contributed by atoms with Gasteiger partial charge in [-0.3, -0.25) is 0 Å². The first-order valence-electron chi connectivity index (χ1n) is 8.13. The number of hydrogen-bond donors (Lipinski definition) is 0. The number of nitrogens with zero attached hydrogens (tertiary/aromatic N) is 5. The van der Waals surface area contributed by atoms with E-state index in [4.69, 9.17) is 4.74 Å². The van der Waals surface area contributed by atoms with E-state index in [1.165, 1.54) is 6.33 Å². The molecular formula is C17H22FN5O. The highest BCUT2D eigenvalue weighted by Gasteiger charge is 2.28. The molecule has 0 aromatic carbocycles. The van der Waals surface area contributed by atoms with Crippen LogP contribution in [0.2, 0.25) is 0 Å². The number of rotatable bonds is 5. The van der Waals surface area contributed by atoms with Crippen molar-refractivity contribution in [2.24, 2.45) is 0 Å². The van der Waals surface area contributed by atoms with Gasteiger partial charge in [-0.1, -0.05) is 6.92 Å². The van der Waals surface area contributed by atoms with Crippen LogP contribution >= 0.6 is 0 Å². The SMILES string of the molecule is CCc1ncnc(N2CC[C@@H](Oc3cccnc3N(C)C)C2)c1F. The molecule has 3 heterocycles. The Balaban J connectivity index is 1.73. The van der Waals surface area contributed by atoms with Crippen LogP contribution in [0.1, 0.15) is 19.0 Å². The van der Waals surface area contributed by atoms with Gasteiger partial charge >= 0.3 is 0 Å². The van der Waals surface area contributed by atoms with Gasteiger partial charge in [0.15, 0.2) is 23.2 Å². The van der Waals surface area contributed by atoms with Crippen molar-refractivity contribution in [1.29, 1.82) is 0 Å². The van der Waals surface area contributed by atoms with Crippen molar-refractivity contribution in [2.75, 3.05) is 37.0 Å². The molecule has 0 unspecified atom stereocenters.